The predicted molar refractivity (Wildman–Crippen MR) is 113 cm³/mol. The topological polar surface area (TPSA) is 69.0 Å². The molecular formula is C25H29NO5. The first-order chi connectivity index (χ1) is 15.1. The Bertz CT molecular complexity index is 915. The molecule has 1 aromatic carbocycles. The van der Waals surface area contributed by atoms with Crippen LogP contribution in [-0.2, 0) is 16.1 Å². The number of benzene rings is 1. The highest BCUT2D eigenvalue weighted by molar-refractivity contribution is 5.94. The van der Waals surface area contributed by atoms with Crippen LogP contribution < -0.4 is 4.74 Å². The minimum absolute atomic E-state index is 0.143. The van der Waals surface area contributed by atoms with Gasteiger partial charge in [-0.25, -0.2) is 4.79 Å². The molecular weight excluding hydrogens is 394 g/mol. The van der Waals surface area contributed by atoms with Gasteiger partial charge in [0.2, 0.25) is 0 Å². The number of esters is 1. The summed E-state index contributed by atoms with van der Waals surface area (Å²) in [5, 5.41) is 0. The number of amides is 1. The average molecular weight is 424 g/mol. The lowest BCUT2D eigenvalue weighted by Gasteiger charge is -2.60. The minimum atomic E-state index is -0.547. The number of rotatable bonds is 7. The Labute approximate surface area is 182 Å². The van der Waals surface area contributed by atoms with Crippen LogP contribution >= 0.6 is 0 Å². The van der Waals surface area contributed by atoms with Crippen molar-refractivity contribution in [1.29, 1.82) is 0 Å². The third kappa shape index (κ3) is 3.84. The van der Waals surface area contributed by atoms with E-state index in [1.165, 1.54) is 26.4 Å². The van der Waals surface area contributed by atoms with E-state index in [2.05, 4.69) is 0 Å². The van der Waals surface area contributed by atoms with Crippen molar-refractivity contribution in [1.82, 2.24) is 4.90 Å². The molecule has 6 heteroatoms. The number of ether oxygens (including phenoxy) is 2. The zero-order valence-corrected chi connectivity index (χ0v) is 17.9. The van der Waals surface area contributed by atoms with Crippen molar-refractivity contribution in [3.8, 4) is 5.75 Å². The molecule has 6 rings (SSSR count). The molecule has 0 N–H and O–H groups in total. The van der Waals surface area contributed by atoms with Gasteiger partial charge in [0, 0.05) is 5.54 Å². The quantitative estimate of drug-likeness (QED) is 0.616. The maximum atomic E-state index is 13.5. The van der Waals surface area contributed by atoms with Gasteiger partial charge in [-0.1, -0.05) is 12.1 Å². The molecule has 0 unspecified atom stereocenters. The normalized spacial score (nSPS) is 28.4. The molecule has 1 aromatic heterocycles. The maximum Gasteiger partial charge on any atom is 0.342 e. The summed E-state index contributed by atoms with van der Waals surface area (Å²) in [5.74, 6) is 2.61. The molecule has 0 radical (unpaired) electrons. The minimum Gasteiger partial charge on any atom is -0.496 e. The van der Waals surface area contributed by atoms with Gasteiger partial charge >= 0.3 is 5.97 Å². The number of hydrogen-bond acceptors (Lipinski definition) is 5. The van der Waals surface area contributed by atoms with E-state index < -0.39 is 5.97 Å². The Kier molecular flexibility index (Phi) is 5.24. The van der Waals surface area contributed by atoms with Crippen LogP contribution in [0.2, 0.25) is 0 Å². The molecule has 164 valence electrons. The highest BCUT2D eigenvalue weighted by atomic mass is 16.5. The first-order valence-electron chi connectivity index (χ1n) is 11.2. The summed E-state index contributed by atoms with van der Waals surface area (Å²) in [5.41, 5.74) is 0.181. The SMILES string of the molecule is COc1ccccc1C(=O)OCC(=O)N(Cc1ccco1)C12CC3CC(CC(C3)C1)C2. The van der Waals surface area contributed by atoms with Gasteiger partial charge in [-0.3, -0.25) is 4.79 Å². The number of methoxy groups -OCH3 is 1. The van der Waals surface area contributed by atoms with Crippen LogP contribution in [0, 0.1) is 17.8 Å². The highest BCUT2D eigenvalue weighted by Crippen LogP contribution is 2.58. The van der Waals surface area contributed by atoms with E-state index in [4.69, 9.17) is 13.9 Å². The van der Waals surface area contributed by atoms with Gasteiger partial charge in [0.05, 0.1) is 19.9 Å². The summed E-state index contributed by atoms with van der Waals surface area (Å²) in [4.78, 5) is 28.0. The van der Waals surface area contributed by atoms with Crippen LogP contribution in [-0.4, -0.2) is 36.0 Å². The van der Waals surface area contributed by atoms with Crippen LogP contribution in [0.3, 0.4) is 0 Å². The molecule has 4 saturated carbocycles. The lowest BCUT2D eigenvalue weighted by atomic mass is 9.52. The summed E-state index contributed by atoms with van der Waals surface area (Å²) in [7, 11) is 1.51. The highest BCUT2D eigenvalue weighted by Gasteiger charge is 2.54. The van der Waals surface area contributed by atoms with Gasteiger partial charge in [-0.05, 0) is 80.5 Å². The van der Waals surface area contributed by atoms with Crippen molar-refractivity contribution in [3.05, 3.63) is 54.0 Å². The summed E-state index contributed by atoms with van der Waals surface area (Å²) in [6.45, 7) is 0.142. The molecule has 6 nitrogen and oxygen atoms in total. The van der Waals surface area contributed by atoms with E-state index in [9.17, 15) is 9.59 Å². The average Bonchev–Trinajstić information content (AvgIpc) is 3.28. The van der Waals surface area contributed by atoms with Gasteiger partial charge in [0.15, 0.2) is 6.61 Å². The number of para-hydroxylation sites is 1. The van der Waals surface area contributed by atoms with Crippen LogP contribution in [0.4, 0.5) is 0 Å². The van der Waals surface area contributed by atoms with Crippen LogP contribution in [0.25, 0.3) is 0 Å². The number of carbonyl (C=O) groups excluding carboxylic acids is 2. The molecule has 0 spiro atoms. The number of furan rings is 1. The molecule has 0 saturated heterocycles. The van der Waals surface area contributed by atoms with Crippen LogP contribution in [0.1, 0.15) is 54.6 Å². The fourth-order valence-corrected chi connectivity index (χ4v) is 6.57. The van der Waals surface area contributed by atoms with Crippen LogP contribution in [0.5, 0.6) is 5.75 Å². The van der Waals surface area contributed by atoms with E-state index in [1.54, 1.807) is 30.5 Å². The van der Waals surface area contributed by atoms with Crippen molar-refractivity contribution in [2.75, 3.05) is 13.7 Å². The largest absolute Gasteiger partial charge is 0.496 e. The second-order valence-corrected chi connectivity index (χ2v) is 9.48. The molecule has 4 bridgehead atoms. The fraction of sp³-hybridized carbons (Fsp3) is 0.520. The first kappa shape index (κ1) is 20.2. The van der Waals surface area contributed by atoms with E-state index in [1.807, 2.05) is 17.0 Å². The van der Waals surface area contributed by atoms with Crippen molar-refractivity contribution in [2.24, 2.45) is 17.8 Å². The molecule has 1 amide bonds. The predicted octanol–water partition coefficient (Wildman–Crippen LogP) is 4.44. The van der Waals surface area contributed by atoms with E-state index in [-0.39, 0.29) is 18.1 Å². The standard InChI is InChI=1S/C25H29NO5/c1-29-22-7-3-2-6-21(22)24(28)31-16-23(27)26(15-20-5-4-8-30-20)25-12-17-9-18(13-25)11-19(10-17)14-25/h2-8,17-19H,9-16H2,1H3. The molecule has 31 heavy (non-hydrogen) atoms. The zero-order valence-electron chi connectivity index (χ0n) is 17.9. The smallest absolute Gasteiger partial charge is 0.342 e. The lowest BCUT2D eigenvalue weighted by Crippen LogP contribution is -2.61. The molecule has 4 aliphatic carbocycles. The molecule has 1 heterocycles. The number of hydrogen-bond donors (Lipinski definition) is 0. The molecule has 0 atom stereocenters. The fourth-order valence-electron chi connectivity index (χ4n) is 6.57. The first-order valence-corrected chi connectivity index (χ1v) is 11.2. The summed E-state index contributed by atoms with van der Waals surface area (Å²) in [6.07, 6.45) is 8.67. The third-order valence-electron chi connectivity index (χ3n) is 7.43. The molecule has 0 aliphatic heterocycles. The number of nitrogens with zero attached hydrogens (tertiary/aromatic N) is 1. The third-order valence-corrected chi connectivity index (χ3v) is 7.43. The van der Waals surface area contributed by atoms with Crippen LogP contribution in [0.15, 0.2) is 47.1 Å². The van der Waals surface area contributed by atoms with E-state index in [0.717, 1.165) is 25.0 Å². The van der Waals surface area contributed by atoms with Gasteiger partial charge in [-0.2, -0.15) is 0 Å². The summed E-state index contributed by atoms with van der Waals surface area (Å²) < 4.78 is 16.3. The van der Waals surface area contributed by atoms with Crippen molar-refractivity contribution in [2.45, 2.75) is 50.6 Å². The van der Waals surface area contributed by atoms with Gasteiger partial charge in [0.25, 0.3) is 5.91 Å². The summed E-state index contributed by atoms with van der Waals surface area (Å²) in [6, 6.07) is 10.6. The van der Waals surface area contributed by atoms with E-state index >= 15 is 0 Å². The van der Waals surface area contributed by atoms with Gasteiger partial charge in [-0.15, -0.1) is 0 Å². The monoisotopic (exact) mass is 423 g/mol. The molecule has 4 fully saturated rings. The summed E-state index contributed by atoms with van der Waals surface area (Å²) >= 11 is 0. The molecule has 2 aromatic rings. The lowest BCUT2D eigenvalue weighted by molar-refractivity contribution is -0.156. The molecule has 4 aliphatic rings. The Hall–Kier alpha value is -2.76. The maximum absolute atomic E-state index is 13.5. The number of carbonyl (C=O) groups is 2. The van der Waals surface area contributed by atoms with Crippen molar-refractivity contribution < 1.29 is 23.5 Å². The zero-order chi connectivity index (χ0) is 21.4. The van der Waals surface area contributed by atoms with E-state index in [0.29, 0.717) is 35.6 Å². The van der Waals surface area contributed by atoms with Crippen molar-refractivity contribution >= 4 is 11.9 Å². The Morgan fingerprint density at radius 2 is 1.71 bits per heavy atom. The second kappa shape index (κ2) is 8.06. The van der Waals surface area contributed by atoms with Crippen molar-refractivity contribution in [3.63, 3.8) is 0 Å². The van der Waals surface area contributed by atoms with Gasteiger partial charge < -0.3 is 18.8 Å². The Balaban J connectivity index is 1.34. The second-order valence-electron chi connectivity index (χ2n) is 9.48. The Morgan fingerprint density at radius 3 is 2.32 bits per heavy atom. The van der Waals surface area contributed by atoms with Gasteiger partial charge in [0.1, 0.15) is 17.1 Å². The Morgan fingerprint density at radius 1 is 1.03 bits per heavy atom.